The summed E-state index contributed by atoms with van der Waals surface area (Å²) in [5.41, 5.74) is -0.484. The number of benzene rings is 2. The lowest BCUT2D eigenvalue weighted by molar-refractivity contribution is -0.120. The first-order valence-corrected chi connectivity index (χ1v) is 12.4. The van der Waals surface area contributed by atoms with Crippen LogP contribution in [0, 0.1) is 5.82 Å². The number of hydrogen-bond donors (Lipinski definition) is 3. The summed E-state index contributed by atoms with van der Waals surface area (Å²) in [6, 6.07) is 11.8. The van der Waals surface area contributed by atoms with Gasteiger partial charge in [-0.25, -0.2) is 9.37 Å². The van der Waals surface area contributed by atoms with Crippen molar-refractivity contribution in [3.63, 3.8) is 0 Å². The molecule has 3 N–H and O–H groups in total. The molecule has 0 bridgehead atoms. The first-order chi connectivity index (χ1) is 18.6. The number of nitrogens with zero attached hydrogens (tertiary/aromatic N) is 1. The quantitative estimate of drug-likeness (QED) is 0.269. The minimum atomic E-state index is -1.74. The molecule has 0 aliphatic carbocycles. The van der Waals surface area contributed by atoms with Gasteiger partial charge in [0, 0.05) is 24.5 Å². The smallest absolute Gasteiger partial charge is 0.216 e. The van der Waals surface area contributed by atoms with Gasteiger partial charge in [0.15, 0.2) is 17.3 Å². The molecule has 1 atom stereocenters. The third-order valence-corrected chi connectivity index (χ3v) is 6.27. The van der Waals surface area contributed by atoms with Gasteiger partial charge in [0.05, 0.1) is 38.1 Å². The molecule has 3 rings (SSSR count). The maximum Gasteiger partial charge on any atom is 0.216 e. The SMILES string of the molecule is COc1cc(C(=O)CCC(O)(CNC(C)=O)c2ccc(OC)c(-c3ccc(F)c(Cl)c3)n2)ccc1OCCO. The Morgan fingerprint density at radius 1 is 1.05 bits per heavy atom. The number of carbonyl (C=O) groups is 2. The maximum atomic E-state index is 13.8. The van der Waals surface area contributed by atoms with Crippen LogP contribution in [0.2, 0.25) is 5.02 Å². The molecule has 208 valence electrons. The van der Waals surface area contributed by atoms with E-state index in [0.717, 1.165) is 0 Å². The van der Waals surface area contributed by atoms with Crippen LogP contribution in [0.15, 0.2) is 48.5 Å². The van der Waals surface area contributed by atoms with Crippen LogP contribution in [0.5, 0.6) is 17.2 Å². The highest BCUT2D eigenvalue weighted by atomic mass is 35.5. The monoisotopic (exact) mass is 560 g/mol. The molecule has 39 heavy (non-hydrogen) atoms. The Bertz CT molecular complexity index is 1340. The summed E-state index contributed by atoms with van der Waals surface area (Å²) in [6.45, 7) is 0.994. The van der Waals surface area contributed by atoms with E-state index >= 15 is 0 Å². The summed E-state index contributed by atoms with van der Waals surface area (Å²) in [5, 5.41) is 23.2. The predicted octanol–water partition coefficient (Wildman–Crippen LogP) is 3.92. The molecule has 0 spiro atoms. The second kappa shape index (κ2) is 13.4. The number of aliphatic hydroxyl groups is 2. The van der Waals surface area contributed by atoms with E-state index in [1.54, 1.807) is 18.2 Å². The molecular formula is C28H30ClFN2O7. The Morgan fingerprint density at radius 2 is 1.77 bits per heavy atom. The number of aromatic nitrogens is 1. The normalized spacial score (nSPS) is 12.4. The standard InChI is InChI=1S/C28H30ClFN2O7/c1-17(34)31-16-28(36,11-10-22(35)18-5-7-23(39-13-12-33)25(15-18)38-3)26-9-8-24(37-2)27(32-26)19-4-6-21(30)20(29)14-19/h4-9,14-15,33,36H,10-13,16H2,1-3H3,(H,31,34). The number of carbonyl (C=O) groups excluding carboxylic acids is 2. The molecule has 3 aromatic rings. The van der Waals surface area contributed by atoms with Crippen LogP contribution in [0.3, 0.4) is 0 Å². The highest BCUT2D eigenvalue weighted by molar-refractivity contribution is 6.31. The van der Waals surface area contributed by atoms with Crippen LogP contribution in [-0.4, -0.2) is 60.9 Å². The van der Waals surface area contributed by atoms with Crippen molar-refractivity contribution in [2.45, 2.75) is 25.4 Å². The lowest BCUT2D eigenvalue weighted by Gasteiger charge is -2.28. The molecule has 0 saturated carbocycles. The van der Waals surface area contributed by atoms with Gasteiger partial charge >= 0.3 is 0 Å². The fourth-order valence-corrected chi connectivity index (χ4v) is 4.06. The van der Waals surface area contributed by atoms with Crippen molar-refractivity contribution in [2.75, 3.05) is 34.0 Å². The number of hydrogen-bond acceptors (Lipinski definition) is 8. The van der Waals surface area contributed by atoms with Crippen molar-refractivity contribution >= 4 is 23.3 Å². The van der Waals surface area contributed by atoms with Crippen molar-refractivity contribution in [2.24, 2.45) is 0 Å². The fraction of sp³-hybridized carbons (Fsp3) is 0.321. The van der Waals surface area contributed by atoms with Gasteiger partial charge in [0.25, 0.3) is 0 Å². The van der Waals surface area contributed by atoms with Crippen LogP contribution >= 0.6 is 11.6 Å². The van der Waals surface area contributed by atoms with E-state index in [-0.39, 0.29) is 55.0 Å². The molecule has 0 saturated heterocycles. The van der Waals surface area contributed by atoms with E-state index in [1.165, 1.54) is 51.5 Å². The first-order valence-electron chi connectivity index (χ1n) is 12.0. The van der Waals surface area contributed by atoms with Gasteiger partial charge in [-0.1, -0.05) is 11.6 Å². The number of Topliss-reactive ketones (excluding diaryl/α,β-unsaturated/α-hetero) is 1. The van der Waals surface area contributed by atoms with Crippen molar-refractivity contribution in [3.05, 3.63) is 70.6 Å². The zero-order chi connectivity index (χ0) is 28.6. The molecular weight excluding hydrogens is 531 g/mol. The summed E-state index contributed by atoms with van der Waals surface area (Å²) in [5.74, 6) is -0.205. The van der Waals surface area contributed by atoms with Crippen LogP contribution in [0.4, 0.5) is 4.39 Å². The Balaban J connectivity index is 1.92. The number of ketones is 1. The molecule has 0 fully saturated rings. The van der Waals surface area contributed by atoms with Crippen LogP contribution in [0.25, 0.3) is 11.3 Å². The van der Waals surface area contributed by atoms with Crippen molar-refractivity contribution in [1.82, 2.24) is 10.3 Å². The third-order valence-electron chi connectivity index (χ3n) is 5.98. The number of pyridine rings is 1. The summed E-state index contributed by atoms with van der Waals surface area (Å²) in [6.07, 6.45) is -0.179. The molecule has 0 aliphatic rings. The van der Waals surface area contributed by atoms with Gasteiger partial charge in [0.2, 0.25) is 5.91 Å². The zero-order valence-electron chi connectivity index (χ0n) is 21.8. The number of rotatable bonds is 13. The number of methoxy groups -OCH3 is 2. The molecule has 11 heteroatoms. The zero-order valence-corrected chi connectivity index (χ0v) is 22.5. The topological polar surface area (TPSA) is 127 Å². The van der Waals surface area contributed by atoms with Gasteiger partial charge in [0.1, 0.15) is 29.5 Å². The number of halogens is 2. The molecule has 0 radical (unpaired) electrons. The third kappa shape index (κ3) is 7.44. The summed E-state index contributed by atoms with van der Waals surface area (Å²) in [4.78, 5) is 29.4. The van der Waals surface area contributed by atoms with Crippen molar-refractivity contribution < 1.29 is 38.4 Å². The van der Waals surface area contributed by atoms with E-state index in [1.807, 2.05) is 0 Å². The largest absolute Gasteiger partial charge is 0.494 e. The average Bonchev–Trinajstić information content (AvgIpc) is 2.94. The lowest BCUT2D eigenvalue weighted by Crippen LogP contribution is -2.41. The lowest BCUT2D eigenvalue weighted by atomic mass is 9.90. The van der Waals surface area contributed by atoms with E-state index < -0.39 is 11.4 Å². The van der Waals surface area contributed by atoms with Gasteiger partial charge < -0.3 is 29.7 Å². The summed E-state index contributed by atoms with van der Waals surface area (Å²) in [7, 11) is 2.88. The summed E-state index contributed by atoms with van der Waals surface area (Å²) >= 11 is 5.97. The van der Waals surface area contributed by atoms with Crippen LogP contribution in [0.1, 0.15) is 35.8 Å². The average molecular weight is 561 g/mol. The molecule has 1 amide bonds. The Kier molecular flexibility index (Phi) is 10.2. The number of nitrogens with one attached hydrogen (secondary N) is 1. The van der Waals surface area contributed by atoms with Crippen LogP contribution < -0.4 is 19.5 Å². The van der Waals surface area contributed by atoms with Crippen molar-refractivity contribution in [1.29, 1.82) is 0 Å². The molecule has 1 unspecified atom stereocenters. The van der Waals surface area contributed by atoms with E-state index in [9.17, 15) is 19.1 Å². The van der Waals surface area contributed by atoms with Gasteiger partial charge in [-0.3, -0.25) is 9.59 Å². The Hall–Kier alpha value is -3.73. The Morgan fingerprint density at radius 3 is 2.41 bits per heavy atom. The van der Waals surface area contributed by atoms with E-state index in [0.29, 0.717) is 34.1 Å². The highest BCUT2D eigenvalue weighted by Crippen LogP contribution is 2.35. The molecule has 2 aromatic carbocycles. The second-order valence-electron chi connectivity index (χ2n) is 8.68. The Labute approximate surface area is 230 Å². The minimum Gasteiger partial charge on any atom is -0.494 e. The van der Waals surface area contributed by atoms with Gasteiger partial charge in [-0.15, -0.1) is 0 Å². The first kappa shape index (κ1) is 29.8. The number of aliphatic hydroxyl groups excluding tert-OH is 1. The molecule has 9 nitrogen and oxygen atoms in total. The minimum absolute atomic E-state index is 0.0702. The van der Waals surface area contributed by atoms with E-state index in [2.05, 4.69) is 10.3 Å². The van der Waals surface area contributed by atoms with E-state index in [4.69, 9.17) is 30.9 Å². The predicted molar refractivity (Wildman–Crippen MR) is 143 cm³/mol. The van der Waals surface area contributed by atoms with Crippen LogP contribution in [-0.2, 0) is 10.4 Å². The highest BCUT2D eigenvalue weighted by Gasteiger charge is 2.33. The number of ether oxygens (including phenoxy) is 3. The second-order valence-corrected chi connectivity index (χ2v) is 9.09. The molecule has 1 heterocycles. The fourth-order valence-electron chi connectivity index (χ4n) is 3.88. The summed E-state index contributed by atoms with van der Waals surface area (Å²) < 4.78 is 29.9. The number of amides is 1. The van der Waals surface area contributed by atoms with Crippen molar-refractivity contribution in [3.8, 4) is 28.5 Å². The molecule has 0 aliphatic heterocycles. The maximum absolute atomic E-state index is 13.8. The molecule has 1 aromatic heterocycles. The van der Waals surface area contributed by atoms with Gasteiger partial charge in [-0.05, 0) is 55.0 Å². The van der Waals surface area contributed by atoms with Gasteiger partial charge in [-0.2, -0.15) is 0 Å².